The van der Waals surface area contributed by atoms with Gasteiger partial charge in [0.2, 0.25) is 5.91 Å². The predicted molar refractivity (Wildman–Crippen MR) is 110 cm³/mol. The molecule has 4 rings (SSSR count). The Morgan fingerprint density at radius 1 is 1.10 bits per heavy atom. The van der Waals surface area contributed by atoms with Crippen LogP contribution in [-0.4, -0.2) is 27.6 Å². The molecule has 0 bridgehead atoms. The van der Waals surface area contributed by atoms with Crippen LogP contribution < -0.4 is 25.7 Å². The molecular formula is C21H20F2N4O4. The highest BCUT2D eigenvalue weighted by Crippen LogP contribution is 2.42. The minimum absolute atomic E-state index is 0.0889. The van der Waals surface area contributed by atoms with Gasteiger partial charge in [0.1, 0.15) is 11.7 Å². The Balaban J connectivity index is 1.51. The molecule has 1 unspecified atom stereocenters. The van der Waals surface area contributed by atoms with E-state index >= 15 is 0 Å². The molecule has 0 fully saturated rings. The number of amides is 1. The van der Waals surface area contributed by atoms with E-state index in [2.05, 4.69) is 20.1 Å². The van der Waals surface area contributed by atoms with E-state index in [0.29, 0.717) is 17.1 Å². The molecule has 162 valence electrons. The molecule has 10 heteroatoms. The normalized spacial score (nSPS) is 14.9. The Kier molecular flexibility index (Phi) is 4.92. The summed E-state index contributed by atoms with van der Waals surface area (Å²) in [6.07, 6.45) is -3.71. The average molecular weight is 430 g/mol. The van der Waals surface area contributed by atoms with Crippen LogP contribution in [0.3, 0.4) is 0 Å². The lowest BCUT2D eigenvalue weighted by Crippen LogP contribution is -2.33. The molecule has 2 N–H and O–H groups in total. The quantitative estimate of drug-likeness (QED) is 0.649. The van der Waals surface area contributed by atoms with Crippen LogP contribution in [0.15, 0.2) is 53.3 Å². The van der Waals surface area contributed by atoms with Crippen LogP contribution in [0.5, 0.6) is 11.5 Å². The van der Waals surface area contributed by atoms with Crippen molar-refractivity contribution < 1.29 is 23.0 Å². The number of halogens is 2. The molecule has 0 spiro atoms. The number of hydrogen-bond acceptors (Lipinski definition) is 5. The van der Waals surface area contributed by atoms with Gasteiger partial charge in [0.15, 0.2) is 11.5 Å². The minimum Gasteiger partial charge on any atom is -0.395 e. The third-order valence-corrected chi connectivity index (χ3v) is 4.98. The maximum atomic E-state index is 13.2. The zero-order valence-corrected chi connectivity index (χ0v) is 17.0. The number of ether oxygens (including phenoxy) is 2. The van der Waals surface area contributed by atoms with Crippen molar-refractivity contribution in [1.82, 2.24) is 9.36 Å². The van der Waals surface area contributed by atoms with Crippen molar-refractivity contribution >= 4 is 17.3 Å². The Labute approximate surface area is 176 Å². The predicted octanol–water partition coefficient (Wildman–Crippen LogP) is 3.25. The Morgan fingerprint density at radius 3 is 2.48 bits per heavy atom. The Hall–Kier alpha value is -3.82. The number of aromatic nitrogens is 2. The maximum Gasteiger partial charge on any atom is 0.586 e. The highest BCUT2D eigenvalue weighted by atomic mass is 19.3. The monoisotopic (exact) mass is 430 g/mol. The molecular weight excluding hydrogens is 410 g/mol. The Bertz CT molecular complexity index is 1200. The van der Waals surface area contributed by atoms with Gasteiger partial charge >= 0.3 is 6.29 Å². The number of fused-ring (bicyclic) bond motifs is 1. The molecule has 8 nitrogen and oxygen atoms in total. The number of carbonyl (C=O) groups is 1. The number of anilines is 2. The highest BCUT2D eigenvalue weighted by molar-refractivity contribution is 5.96. The summed E-state index contributed by atoms with van der Waals surface area (Å²) in [4.78, 5) is 25.6. The summed E-state index contributed by atoms with van der Waals surface area (Å²) in [6, 6.07) is 12.4. The zero-order valence-electron chi connectivity index (χ0n) is 17.0. The molecule has 1 aromatic heterocycles. The lowest BCUT2D eigenvalue weighted by molar-refractivity contribution is -0.286. The zero-order chi connectivity index (χ0) is 22.3. The van der Waals surface area contributed by atoms with E-state index in [4.69, 9.17) is 0 Å². The van der Waals surface area contributed by atoms with Crippen LogP contribution in [0.25, 0.3) is 5.69 Å². The number of hydrogen-bond donors (Lipinski definition) is 2. The van der Waals surface area contributed by atoms with Crippen molar-refractivity contribution in [2.75, 3.05) is 10.6 Å². The van der Waals surface area contributed by atoms with E-state index < -0.39 is 18.2 Å². The Morgan fingerprint density at radius 2 is 1.77 bits per heavy atom. The van der Waals surface area contributed by atoms with Crippen molar-refractivity contribution in [3.05, 3.63) is 64.6 Å². The van der Waals surface area contributed by atoms with Gasteiger partial charge < -0.3 is 20.1 Å². The van der Waals surface area contributed by atoms with Gasteiger partial charge in [-0.1, -0.05) is 18.2 Å². The first-order valence-electron chi connectivity index (χ1n) is 9.47. The summed E-state index contributed by atoms with van der Waals surface area (Å²) in [5.74, 6) is -0.685. The van der Waals surface area contributed by atoms with Gasteiger partial charge in [-0.2, -0.15) is 0 Å². The second-order valence-electron chi connectivity index (χ2n) is 7.12. The van der Waals surface area contributed by atoms with Crippen LogP contribution in [-0.2, 0) is 11.8 Å². The number of carbonyl (C=O) groups excluding carboxylic acids is 1. The third-order valence-electron chi connectivity index (χ3n) is 4.98. The van der Waals surface area contributed by atoms with E-state index in [1.165, 1.54) is 22.9 Å². The van der Waals surface area contributed by atoms with Crippen molar-refractivity contribution in [3.63, 3.8) is 0 Å². The number of rotatable bonds is 5. The molecule has 1 amide bonds. The summed E-state index contributed by atoms with van der Waals surface area (Å²) >= 11 is 0. The summed E-state index contributed by atoms with van der Waals surface area (Å²) in [6.45, 7) is 3.31. The lowest BCUT2D eigenvalue weighted by atomic mass is 10.2. The first kappa shape index (κ1) is 20.5. The molecule has 0 aliphatic carbocycles. The number of nitrogens with one attached hydrogen (secondary N) is 2. The van der Waals surface area contributed by atoms with Crippen molar-refractivity contribution in [2.24, 2.45) is 7.05 Å². The molecule has 2 aromatic carbocycles. The number of para-hydroxylation sites is 1. The smallest absolute Gasteiger partial charge is 0.395 e. The lowest BCUT2D eigenvalue weighted by Gasteiger charge is -2.15. The molecule has 1 atom stereocenters. The molecule has 1 aliphatic heterocycles. The van der Waals surface area contributed by atoms with Gasteiger partial charge in [0.05, 0.1) is 11.4 Å². The minimum atomic E-state index is -3.71. The van der Waals surface area contributed by atoms with Crippen molar-refractivity contribution in [3.8, 4) is 17.2 Å². The van der Waals surface area contributed by atoms with E-state index in [1.807, 2.05) is 18.2 Å². The molecule has 3 aromatic rings. The van der Waals surface area contributed by atoms with Gasteiger partial charge in [-0.25, -0.2) is 4.68 Å². The summed E-state index contributed by atoms with van der Waals surface area (Å²) < 4.78 is 38.2. The molecule has 1 aliphatic rings. The van der Waals surface area contributed by atoms with Crippen LogP contribution in [0.2, 0.25) is 0 Å². The van der Waals surface area contributed by atoms with Crippen LogP contribution in [0.1, 0.15) is 12.6 Å². The van der Waals surface area contributed by atoms with E-state index in [-0.39, 0.29) is 22.7 Å². The molecule has 0 saturated carbocycles. The second-order valence-corrected chi connectivity index (χ2v) is 7.12. The first-order chi connectivity index (χ1) is 14.7. The standard InChI is InChI=1S/C21H20F2N4O4/c1-12(24-14-9-10-16-17(11-14)31-21(22,23)30-16)19(28)25-18-13(2)26(3)27(20(18)29)15-7-5-4-6-8-15/h4-12,24H,1-3H3,(H,25,28). The van der Waals surface area contributed by atoms with Gasteiger partial charge in [0.25, 0.3) is 5.56 Å². The molecule has 2 heterocycles. The second kappa shape index (κ2) is 7.46. The highest BCUT2D eigenvalue weighted by Gasteiger charge is 2.43. The van der Waals surface area contributed by atoms with Gasteiger partial charge in [-0.05, 0) is 38.1 Å². The topological polar surface area (TPSA) is 86.5 Å². The first-order valence-corrected chi connectivity index (χ1v) is 9.47. The van der Waals surface area contributed by atoms with Crippen LogP contribution in [0.4, 0.5) is 20.2 Å². The number of alkyl halides is 2. The van der Waals surface area contributed by atoms with Gasteiger partial charge in [-0.3, -0.25) is 14.3 Å². The largest absolute Gasteiger partial charge is 0.586 e. The average Bonchev–Trinajstić information content (AvgIpc) is 3.14. The number of nitrogens with zero attached hydrogens (tertiary/aromatic N) is 2. The summed E-state index contributed by atoms with van der Waals surface area (Å²) in [7, 11) is 1.73. The van der Waals surface area contributed by atoms with Crippen molar-refractivity contribution in [2.45, 2.75) is 26.2 Å². The fourth-order valence-electron chi connectivity index (χ4n) is 3.30. The molecule has 0 saturated heterocycles. The van der Waals surface area contributed by atoms with Crippen LogP contribution >= 0.6 is 0 Å². The van der Waals surface area contributed by atoms with Gasteiger partial charge in [0, 0.05) is 18.8 Å². The molecule has 31 heavy (non-hydrogen) atoms. The fraction of sp³-hybridized carbons (Fsp3) is 0.238. The fourth-order valence-corrected chi connectivity index (χ4v) is 3.30. The van der Waals surface area contributed by atoms with E-state index in [0.717, 1.165) is 0 Å². The third kappa shape index (κ3) is 3.83. The summed E-state index contributed by atoms with van der Waals surface area (Å²) in [5.41, 5.74) is 1.43. The van der Waals surface area contributed by atoms with Crippen LogP contribution in [0, 0.1) is 6.92 Å². The maximum absolute atomic E-state index is 13.2. The van der Waals surface area contributed by atoms with Gasteiger partial charge in [-0.15, -0.1) is 8.78 Å². The van der Waals surface area contributed by atoms with Crippen molar-refractivity contribution in [1.29, 1.82) is 0 Å². The number of benzene rings is 2. The van der Waals surface area contributed by atoms with E-state index in [9.17, 15) is 18.4 Å². The molecule has 0 radical (unpaired) electrons. The van der Waals surface area contributed by atoms with E-state index in [1.54, 1.807) is 37.7 Å². The summed E-state index contributed by atoms with van der Waals surface area (Å²) in [5, 5.41) is 5.57. The SMILES string of the molecule is Cc1c(NC(=O)C(C)Nc2ccc3c(c2)OC(F)(F)O3)c(=O)n(-c2ccccc2)n1C.